The second kappa shape index (κ2) is 6.41. The minimum Gasteiger partial charge on any atom is -0.393 e. The summed E-state index contributed by atoms with van der Waals surface area (Å²) in [6.07, 6.45) is 3.30. The Balaban J connectivity index is 1.77. The molecule has 0 saturated heterocycles. The number of aliphatic hydroxyl groups excluding tert-OH is 1. The van der Waals surface area contributed by atoms with Crippen molar-refractivity contribution in [2.75, 3.05) is 0 Å². The van der Waals surface area contributed by atoms with Crippen LogP contribution >= 0.6 is 0 Å². The van der Waals surface area contributed by atoms with Gasteiger partial charge >= 0.3 is 0 Å². The highest BCUT2D eigenvalue weighted by atomic mass is 19.1. The maximum absolute atomic E-state index is 14.1. The molecule has 1 saturated carbocycles. The molecule has 1 heterocycles. The van der Waals surface area contributed by atoms with Crippen LogP contribution in [0.4, 0.5) is 8.78 Å². The predicted octanol–water partition coefficient (Wildman–Crippen LogP) is 1.18. The van der Waals surface area contributed by atoms with Crippen LogP contribution in [0.1, 0.15) is 24.4 Å². The van der Waals surface area contributed by atoms with Gasteiger partial charge < -0.3 is 15.0 Å². The fourth-order valence-corrected chi connectivity index (χ4v) is 2.79. The van der Waals surface area contributed by atoms with Gasteiger partial charge in [-0.25, -0.2) is 8.78 Å². The molecule has 0 unspecified atom stereocenters. The van der Waals surface area contributed by atoms with Crippen LogP contribution in [-0.2, 0) is 11.3 Å². The Labute approximate surface area is 131 Å². The molecule has 1 fully saturated rings. The lowest BCUT2D eigenvalue weighted by Crippen LogP contribution is -2.42. The fraction of sp³-hybridized carbons (Fsp3) is 0.400. The van der Waals surface area contributed by atoms with Gasteiger partial charge in [0.2, 0.25) is 5.91 Å². The van der Waals surface area contributed by atoms with Gasteiger partial charge in [-0.15, -0.1) is 10.2 Å². The lowest BCUT2D eigenvalue weighted by atomic mass is 9.75. The maximum Gasteiger partial charge on any atom is 0.240 e. The number of nitrogens with one attached hydrogen (secondary N) is 1. The minimum absolute atomic E-state index is 0.00157. The van der Waals surface area contributed by atoms with Gasteiger partial charge in [0.1, 0.15) is 30.8 Å². The number of aliphatic hydroxyl groups is 1. The van der Waals surface area contributed by atoms with Crippen LogP contribution in [0.3, 0.4) is 0 Å². The zero-order chi connectivity index (χ0) is 16.4. The number of carbonyl (C=O) groups excluding carboxylic acids is 1. The van der Waals surface area contributed by atoms with Gasteiger partial charge in [-0.3, -0.25) is 4.79 Å². The highest BCUT2D eigenvalue weighted by Crippen LogP contribution is 2.38. The lowest BCUT2D eigenvalue weighted by molar-refractivity contribution is -0.123. The standard InChI is InChI=1S/C15H16F2N4O2/c16-10-1-2-12(13(17)5-10)15(9-3-11(22)4-9)20-14(23)6-21-7-18-19-8-21/h1-2,5,7-9,11,15,22H,3-4,6H2,(H,20,23)/t9?,11?,15-/m1/s1. The fourth-order valence-electron chi connectivity index (χ4n) is 2.79. The number of rotatable bonds is 5. The normalized spacial score (nSPS) is 21.5. The van der Waals surface area contributed by atoms with Crippen LogP contribution in [0.2, 0.25) is 0 Å². The van der Waals surface area contributed by atoms with E-state index < -0.39 is 23.8 Å². The van der Waals surface area contributed by atoms with E-state index in [1.165, 1.54) is 23.3 Å². The molecule has 8 heteroatoms. The van der Waals surface area contributed by atoms with Crippen molar-refractivity contribution < 1.29 is 18.7 Å². The number of hydrogen-bond acceptors (Lipinski definition) is 4. The molecule has 1 aliphatic rings. The van der Waals surface area contributed by atoms with E-state index in [0.717, 1.165) is 12.1 Å². The average molecular weight is 322 g/mol. The van der Waals surface area contributed by atoms with Gasteiger partial charge in [-0.1, -0.05) is 6.07 Å². The molecule has 1 aromatic heterocycles. The maximum atomic E-state index is 14.1. The summed E-state index contributed by atoms with van der Waals surface area (Å²) in [5.74, 6) is -1.80. The molecule has 6 nitrogen and oxygen atoms in total. The molecule has 122 valence electrons. The van der Waals surface area contributed by atoms with Gasteiger partial charge in [-0.2, -0.15) is 0 Å². The lowest BCUT2D eigenvalue weighted by Gasteiger charge is -2.38. The molecule has 2 aromatic rings. The first kappa shape index (κ1) is 15.5. The Morgan fingerprint density at radius 2 is 2.04 bits per heavy atom. The van der Waals surface area contributed by atoms with Crippen LogP contribution < -0.4 is 5.32 Å². The van der Waals surface area contributed by atoms with E-state index in [0.29, 0.717) is 12.8 Å². The third-order valence-electron chi connectivity index (χ3n) is 4.03. The Morgan fingerprint density at radius 1 is 1.35 bits per heavy atom. The zero-order valence-corrected chi connectivity index (χ0v) is 12.2. The van der Waals surface area contributed by atoms with Gasteiger partial charge in [0.15, 0.2) is 0 Å². The van der Waals surface area contributed by atoms with E-state index in [9.17, 15) is 18.7 Å². The summed E-state index contributed by atoms with van der Waals surface area (Å²) >= 11 is 0. The number of benzene rings is 1. The highest BCUT2D eigenvalue weighted by Gasteiger charge is 2.36. The molecule has 0 aliphatic heterocycles. The number of hydrogen-bond donors (Lipinski definition) is 2. The van der Waals surface area contributed by atoms with Crippen LogP contribution in [-0.4, -0.2) is 31.9 Å². The Kier molecular flexibility index (Phi) is 4.33. The van der Waals surface area contributed by atoms with Crippen molar-refractivity contribution in [3.8, 4) is 0 Å². The van der Waals surface area contributed by atoms with Gasteiger partial charge in [0, 0.05) is 11.6 Å². The van der Waals surface area contributed by atoms with E-state index in [1.807, 2.05) is 0 Å². The minimum atomic E-state index is -0.707. The highest BCUT2D eigenvalue weighted by molar-refractivity contribution is 5.76. The molecule has 2 N–H and O–H groups in total. The van der Waals surface area contributed by atoms with E-state index in [4.69, 9.17) is 0 Å². The van der Waals surface area contributed by atoms with Gasteiger partial charge in [0.05, 0.1) is 12.1 Å². The molecule has 23 heavy (non-hydrogen) atoms. The van der Waals surface area contributed by atoms with Crippen LogP contribution in [0, 0.1) is 17.6 Å². The quantitative estimate of drug-likeness (QED) is 0.866. The molecule has 1 aliphatic carbocycles. The van der Waals surface area contributed by atoms with Crippen LogP contribution in [0.25, 0.3) is 0 Å². The number of amides is 1. The summed E-state index contributed by atoms with van der Waals surface area (Å²) in [6, 6.07) is 2.68. The topological polar surface area (TPSA) is 80.0 Å². The summed E-state index contributed by atoms with van der Waals surface area (Å²) in [4.78, 5) is 12.2. The molecular formula is C15H16F2N4O2. The van der Waals surface area contributed by atoms with E-state index in [-0.39, 0.29) is 23.9 Å². The molecule has 0 radical (unpaired) electrons. The first-order valence-corrected chi connectivity index (χ1v) is 7.27. The van der Waals surface area contributed by atoms with Gasteiger partial charge in [0.25, 0.3) is 0 Å². The summed E-state index contributed by atoms with van der Waals surface area (Å²) in [7, 11) is 0. The Morgan fingerprint density at radius 3 is 2.65 bits per heavy atom. The second-order valence-electron chi connectivity index (χ2n) is 5.73. The largest absolute Gasteiger partial charge is 0.393 e. The van der Waals surface area contributed by atoms with Gasteiger partial charge in [-0.05, 0) is 24.8 Å². The number of halogens is 2. The van der Waals surface area contributed by atoms with Crippen LogP contribution in [0.5, 0.6) is 0 Å². The molecule has 0 spiro atoms. The molecule has 1 amide bonds. The van der Waals surface area contributed by atoms with Crippen molar-refractivity contribution in [3.63, 3.8) is 0 Å². The molecule has 3 rings (SSSR count). The van der Waals surface area contributed by atoms with Crippen molar-refractivity contribution in [1.29, 1.82) is 0 Å². The van der Waals surface area contributed by atoms with Crippen molar-refractivity contribution in [2.24, 2.45) is 5.92 Å². The monoisotopic (exact) mass is 322 g/mol. The van der Waals surface area contributed by atoms with E-state index in [2.05, 4.69) is 15.5 Å². The number of carbonyl (C=O) groups is 1. The third kappa shape index (κ3) is 3.53. The Hall–Kier alpha value is -2.35. The number of aromatic nitrogens is 3. The summed E-state index contributed by atoms with van der Waals surface area (Å²) in [5.41, 5.74) is 0.223. The number of nitrogens with zero attached hydrogens (tertiary/aromatic N) is 3. The van der Waals surface area contributed by atoms with Crippen molar-refractivity contribution >= 4 is 5.91 Å². The zero-order valence-electron chi connectivity index (χ0n) is 12.2. The second-order valence-corrected chi connectivity index (χ2v) is 5.73. The molecule has 1 atom stereocenters. The van der Waals surface area contributed by atoms with Crippen LogP contribution in [0.15, 0.2) is 30.9 Å². The van der Waals surface area contributed by atoms with Crippen molar-refractivity contribution in [2.45, 2.75) is 31.5 Å². The first-order chi connectivity index (χ1) is 11.0. The summed E-state index contributed by atoms with van der Waals surface area (Å²) in [6.45, 7) is 0.00157. The average Bonchev–Trinajstić information content (AvgIpc) is 2.95. The van der Waals surface area contributed by atoms with Crippen molar-refractivity contribution in [3.05, 3.63) is 48.1 Å². The molecule has 0 bridgehead atoms. The van der Waals surface area contributed by atoms with E-state index >= 15 is 0 Å². The third-order valence-corrected chi connectivity index (χ3v) is 4.03. The SMILES string of the molecule is O=C(Cn1cnnc1)N[C@@H](c1ccc(F)cc1F)C1CC(O)C1. The molecular weight excluding hydrogens is 306 g/mol. The van der Waals surface area contributed by atoms with Crippen molar-refractivity contribution in [1.82, 2.24) is 20.1 Å². The first-order valence-electron chi connectivity index (χ1n) is 7.27. The molecule has 1 aromatic carbocycles. The Bertz CT molecular complexity index is 687. The smallest absolute Gasteiger partial charge is 0.240 e. The summed E-state index contributed by atoms with van der Waals surface area (Å²) < 4.78 is 28.7. The predicted molar refractivity (Wildman–Crippen MR) is 76.0 cm³/mol. The van der Waals surface area contributed by atoms with E-state index in [1.54, 1.807) is 0 Å². The summed E-state index contributed by atoms with van der Waals surface area (Å²) in [5, 5.41) is 19.5.